The van der Waals surface area contributed by atoms with Crippen LogP contribution in [0.4, 0.5) is 0 Å². The predicted molar refractivity (Wildman–Crippen MR) is 58.9 cm³/mol. The van der Waals surface area contributed by atoms with Crippen molar-refractivity contribution in [1.29, 1.82) is 5.26 Å². The van der Waals surface area contributed by atoms with Gasteiger partial charge in [-0.15, -0.1) is 0 Å². The molecule has 0 saturated heterocycles. The molecule has 3 nitrogen and oxygen atoms in total. The van der Waals surface area contributed by atoms with E-state index in [0.717, 1.165) is 4.47 Å². The molecule has 78 valence electrons. The standard InChI is InChI=1S/C10H8BrNO2S/c11-8-1-3-9(4-2-8)15(13,14)10(7-12)5-6-10/h1-4H,5-6H2. The molecule has 5 heteroatoms. The van der Waals surface area contributed by atoms with Gasteiger partial charge in [0.2, 0.25) is 0 Å². The Kier molecular flexibility index (Phi) is 2.36. The molecule has 1 aromatic carbocycles. The molecule has 0 amide bonds. The van der Waals surface area contributed by atoms with Crippen molar-refractivity contribution < 1.29 is 8.42 Å². The summed E-state index contributed by atoms with van der Waals surface area (Å²) in [6, 6.07) is 8.29. The highest BCUT2D eigenvalue weighted by Crippen LogP contribution is 2.46. The SMILES string of the molecule is N#CC1(S(=O)(=O)c2ccc(Br)cc2)CC1. The smallest absolute Gasteiger partial charge is 0.197 e. The van der Waals surface area contributed by atoms with Crippen LogP contribution < -0.4 is 0 Å². The summed E-state index contributed by atoms with van der Waals surface area (Å²) in [5.74, 6) is 0. The minimum atomic E-state index is -3.48. The fourth-order valence-corrected chi connectivity index (χ4v) is 3.36. The van der Waals surface area contributed by atoms with Gasteiger partial charge in [-0.2, -0.15) is 5.26 Å². The van der Waals surface area contributed by atoms with Gasteiger partial charge < -0.3 is 0 Å². The third-order valence-electron chi connectivity index (χ3n) is 2.55. The van der Waals surface area contributed by atoms with Gasteiger partial charge in [-0.1, -0.05) is 15.9 Å². The highest BCUT2D eigenvalue weighted by atomic mass is 79.9. The van der Waals surface area contributed by atoms with Crippen molar-refractivity contribution in [1.82, 2.24) is 0 Å². The second-order valence-corrected chi connectivity index (χ2v) is 6.74. The molecule has 1 aliphatic carbocycles. The quantitative estimate of drug-likeness (QED) is 0.838. The van der Waals surface area contributed by atoms with Crippen LogP contribution in [0.2, 0.25) is 0 Å². The molecule has 1 fully saturated rings. The van der Waals surface area contributed by atoms with Crippen LogP contribution in [0.25, 0.3) is 0 Å². The Balaban J connectivity index is 2.48. The Hall–Kier alpha value is -0.860. The molecule has 1 aromatic rings. The van der Waals surface area contributed by atoms with Crippen molar-refractivity contribution in [2.75, 3.05) is 0 Å². The van der Waals surface area contributed by atoms with Gasteiger partial charge in [0.25, 0.3) is 0 Å². The van der Waals surface area contributed by atoms with Crippen molar-refractivity contribution in [2.45, 2.75) is 22.5 Å². The average Bonchev–Trinajstić information content (AvgIpc) is 2.99. The molecule has 1 aliphatic rings. The van der Waals surface area contributed by atoms with Gasteiger partial charge in [-0.3, -0.25) is 0 Å². The van der Waals surface area contributed by atoms with E-state index in [1.807, 2.05) is 6.07 Å². The lowest BCUT2D eigenvalue weighted by molar-refractivity contribution is 0.588. The van der Waals surface area contributed by atoms with E-state index in [2.05, 4.69) is 15.9 Å². The van der Waals surface area contributed by atoms with E-state index in [-0.39, 0.29) is 4.90 Å². The Morgan fingerprint density at radius 2 is 1.80 bits per heavy atom. The summed E-state index contributed by atoms with van der Waals surface area (Å²) < 4.78 is 23.7. The maximum Gasteiger partial charge on any atom is 0.197 e. The van der Waals surface area contributed by atoms with Gasteiger partial charge in [-0.25, -0.2) is 8.42 Å². The zero-order chi connectivity index (χ0) is 11.1. The molecule has 1 saturated carbocycles. The van der Waals surface area contributed by atoms with Crippen LogP contribution in [0.15, 0.2) is 33.6 Å². The average molecular weight is 286 g/mol. The lowest BCUT2D eigenvalue weighted by Gasteiger charge is -2.07. The first-order valence-corrected chi connectivity index (χ1v) is 6.71. The molecular weight excluding hydrogens is 278 g/mol. The molecule has 0 N–H and O–H groups in total. The predicted octanol–water partition coefficient (Wildman–Crippen LogP) is 2.28. The van der Waals surface area contributed by atoms with Crippen molar-refractivity contribution in [2.24, 2.45) is 0 Å². The van der Waals surface area contributed by atoms with Gasteiger partial charge in [-0.05, 0) is 37.1 Å². The fraction of sp³-hybridized carbons (Fsp3) is 0.300. The largest absolute Gasteiger partial charge is 0.222 e. The molecule has 15 heavy (non-hydrogen) atoms. The van der Waals surface area contributed by atoms with Crippen molar-refractivity contribution in [3.63, 3.8) is 0 Å². The first kappa shape index (κ1) is 10.7. The minimum Gasteiger partial charge on any atom is -0.222 e. The monoisotopic (exact) mass is 285 g/mol. The summed E-state index contributed by atoms with van der Waals surface area (Å²) in [6.07, 6.45) is 0.893. The molecule has 0 spiro atoms. The number of halogens is 1. The molecular formula is C10H8BrNO2S. The fourth-order valence-electron chi connectivity index (χ4n) is 1.39. The normalized spacial score (nSPS) is 18.1. The summed E-state index contributed by atoms with van der Waals surface area (Å²) in [4.78, 5) is 0.227. The molecule has 2 rings (SSSR count). The molecule has 0 atom stereocenters. The van der Waals surface area contributed by atoms with E-state index in [1.54, 1.807) is 12.1 Å². The number of rotatable bonds is 2. The Labute approximate surface area is 96.8 Å². The van der Waals surface area contributed by atoms with E-state index in [9.17, 15) is 8.42 Å². The van der Waals surface area contributed by atoms with Crippen LogP contribution in [0, 0.1) is 11.3 Å². The van der Waals surface area contributed by atoms with E-state index in [0.29, 0.717) is 12.8 Å². The second-order valence-electron chi connectivity index (χ2n) is 3.56. The maximum atomic E-state index is 12.0. The topological polar surface area (TPSA) is 57.9 Å². The Morgan fingerprint density at radius 1 is 1.27 bits per heavy atom. The minimum absolute atomic E-state index is 0.227. The van der Waals surface area contributed by atoms with Gasteiger partial charge in [0, 0.05) is 4.47 Å². The van der Waals surface area contributed by atoms with Crippen molar-refractivity contribution in [3.8, 4) is 6.07 Å². The third kappa shape index (κ3) is 1.58. The Morgan fingerprint density at radius 3 is 2.20 bits per heavy atom. The van der Waals surface area contributed by atoms with Gasteiger partial charge in [0.1, 0.15) is 0 Å². The summed E-state index contributed by atoms with van der Waals surface area (Å²) in [7, 11) is -3.48. The number of nitrogens with zero attached hydrogens (tertiary/aromatic N) is 1. The molecule has 0 bridgehead atoms. The summed E-state index contributed by atoms with van der Waals surface area (Å²) in [6.45, 7) is 0. The maximum absolute atomic E-state index is 12.0. The molecule has 0 radical (unpaired) electrons. The van der Waals surface area contributed by atoms with E-state index >= 15 is 0 Å². The van der Waals surface area contributed by atoms with E-state index in [4.69, 9.17) is 5.26 Å². The Bertz CT molecular complexity index is 524. The first-order valence-electron chi connectivity index (χ1n) is 4.43. The molecule has 0 aliphatic heterocycles. The van der Waals surface area contributed by atoms with Gasteiger partial charge in [0.05, 0.1) is 11.0 Å². The molecule has 0 aromatic heterocycles. The number of benzene rings is 1. The van der Waals surface area contributed by atoms with E-state index in [1.165, 1.54) is 12.1 Å². The summed E-state index contributed by atoms with van der Waals surface area (Å²) in [5, 5.41) is 8.87. The van der Waals surface area contributed by atoms with Crippen LogP contribution in [-0.2, 0) is 9.84 Å². The van der Waals surface area contributed by atoms with Crippen molar-refractivity contribution in [3.05, 3.63) is 28.7 Å². The van der Waals surface area contributed by atoms with Gasteiger partial charge in [0.15, 0.2) is 14.6 Å². The number of nitriles is 1. The number of hydrogen-bond acceptors (Lipinski definition) is 3. The zero-order valence-electron chi connectivity index (χ0n) is 7.77. The van der Waals surface area contributed by atoms with Crippen LogP contribution in [0.1, 0.15) is 12.8 Å². The number of hydrogen-bond donors (Lipinski definition) is 0. The van der Waals surface area contributed by atoms with Crippen LogP contribution in [0.3, 0.4) is 0 Å². The van der Waals surface area contributed by atoms with E-state index < -0.39 is 14.6 Å². The lowest BCUT2D eigenvalue weighted by Crippen LogP contribution is -2.20. The highest BCUT2D eigenvalue weighted by Gasteiger charge is 2.55. The molecule has 0 heterocycles. The summed E-state index contributed by atoms with van der Waals surface area (Å²) in [5.41, 5.74) is 0. The molecule has 0 unspecified atom stereocenters. The zero-order valence-corrected chi connectivity index (χ0v) is 10.2. The van der Waals surface area contributed by atoms with Crippen LogP contribution >= 0.6 is 15.9 Å². The number of sulfone groups is 1. The van der Waals surface area contributed by atoms with Gasteiger partial charge >= 0.3 is 0 Å². The first-order chi connectivity index (χ1) is 7.02. The highest BCUT2D eigenvalue weighted by molar-refractivity contribution is 9.10. The lowest BCUT2D eigenvalue weighted by atomic mass is 10.4. The van der Waals surface area contributed by atoms with Crippen LogP contribution in [0.5, 0.6) is 0 Å². The second kappa shape index (κ2) is 3.32. The third-order valence-corrected chi connectivity index (χ3v) is 5.50. The van der Waals surface area contributed by atoms with Crippen molar-refractivity contribution >= 4 is 25.8 Å². The summed E-state index contributed by atoms with van der Waals surface area (Å²) >= 11 is 3.24. The van der Waals surface area contributed by atoms with Crippen LogP contribution in [-0.4, -0.2) is 13.2 Å².